The third kappa shape index (κ3) is 4.76. The quantitative estimate of drug-likeness (QED) is 0.497. The summed E-state index contributed by atoms with van der Waals surface area (Å²) in [5.74, 6) is 2.38. The standard InChI is InChI=1S/C30H31N5O3S/c1-34(29(38)35(23-6-3-2-4-7-23)24-11-14-39-15-12-24)19-26(36)32-22-10-9-20-17-30(18-21(20)16-22)25-8-5-13-31-27(25)33-28(30)37/h2-10,13,16,24H,11-12,14-15,17-19H2,1H3,(H,32,36)(H,31,33,37). The molecule has 9 heteroatoms. The molecule has 200 valence electrons. The first-order valence-electron chi connectivity index (χ1n) is 13.3. The van der Waals surface area contributed by atoms with Gasteiger partial charge in [-0.1, -0.05) is 30.3 Å². The number of anilines is 3. The van der Waals surface area contributed by atoms with Crippen molar-refractivity contribution in [1.82, 2.24) is 9.88 Å². The molecule has 0 saturated carbocycles. The lowest BCUT2D eigenvalue weighted by atomic mass is 9.79. The maximum atomic E-state index is 13.6. The fraction of sp³-hybridized carbons (Fsp3) is 0.333. The number of amides is 4. The first-order valence-corrected chi connectivity index (χ1v) is 14.5. The molecule has 1 aromatic heterocycles. The normalized spacial score (nSPS) is 19.8. The molecule has 1 unspecified atom stereocenters. The third-order valence-electron chi connectivity index (χ3n) is 7.97. The van der Waals surface area contributed by atoms with Crippen molar-refractivity contribution in [3.05, 3.63) is 83.6 Å². The lowest BCUT2D eigenvalue weighted by Crippen LogP contribution is -2.50. The van der Waals surface area contributed by atoms with Gasteiger partial charge in [-0.2, -0.15) is 11.8 Å². The van der Waals surface area contributed by atoms with E-state index in [9.17, 15) is 14.4 Å². The minimum atomic E-state index is -0.653. The third-order valence-corrected chi connectivity index (χ3v) is 9.02. The summed E-state index contributed by atoms with van der Waals surface area (Å²) in [5.41, 5.74) is 3.92. The number of nitrogens with one attached hydrogen (secondary N) is 2. The number of urea groups is 1. The Balaban J connectivity index is 1.14. The van der Waals surface area contributed by atoms with Crippen LogP contribution in [0.15, 0.2) is 66.9 Å². The number of nitrogens with zero attached hydrogens (tertiary/aromatic N) is 3. The molecule has 2 N–H and O–H groups in total. The van der Waals surface area contributed by atoms with Crippen molar-refractivity contribution in [3.63, 3.8) is 0 Å². The van der Waals surface area contributed by atoms with Gasteiger partial charge >= 0.3 is 6.03 Å². The Morgan fingerprint density at radius 2 is 1.82 bits per heavy atom. The molecule has 0 bridgehead atoms. The van der Waals surface area contributed by atoms with Gasteiger partial charge in [0, 0.05) is 36.2 Å². The Kier molecular flexibility index (Phi) is 6.76. The largest absolute Gasteiger partial charge is 0.325 e. The molecule has 1 atom stereocenters. The summed E-state index contributed by atoms with van der Waals surface area (Å²) in [6, 6.07) is 19.3. The van der Waals surface area contributed by atoms with Crippen LogP contribution in [0.5, 0.6) is 0 Å². The zero-order valence-corrected chi connectivity index (χ0v) is 22.7. The van der Waals surface area contributed by atoms with E-state index < -0.39 is 5.41 Å². The highest BCUT2D eigenvalue weighted by molar-refractivity contribution is 7.99. The molecule has 1 fully saturated rings. The van der Waals surface area contributed by atoms with Gasteiger partial charge in [0.25, 0.3) is 0 Å². The number of thioether (sulfide) groups is 1. The zero-order valence-electron chi connectivity index (χ0n) is 21.9. The first kappa shape index (κ1) is 25.4. The lowest BCUT2D eigenvalue weighted by Gasteiger charge is -2.36. The molecule has 1 saturated heterocycles. The van der Waals surface area contributed by atoms with Crippen molar-refractivity contribution in [3.8, 4) is 0 Å². The molecule has 1 aliphatic carbocycles. The van der Waals surface area contributed by atoms with E-state index in [0.29, 0.717) is 24.3 Å². The Labute approximate surface area is 232 Å². The predicted molar refractivity (Wildman–Crippen MR) is 154 cm³/mol. The maximum Gasteiger partial charge on any atom is 0.324 e. The van der Waals surface area contributed by atoms with E-state index in [1.54, 1.807) is 13.2 Å². The molecule has 3 aromatic rings. The zero-order chi connectivity index (χ0) is 27.0. The molecule has 2 aliphatic heterocycles. The SMILES string of the molecule is CN(CC(=O)Nc1ccc2c(c1)CC1(C2)C(=O)Nc2ncccc21)C(=O)N(c1ccccc1)C1CCSCC1. The number of hydrogen-bond donors (Lipinski definition) is 2. The second-order valence-corrected chi connectivity index (χ2v) is 11.7. The smallest absolute Gasteiger partial charge is 0.324 e. The summed E-state index contributed by atoms with van der Waals surface area (Å²) < 4.78 is 0. The Hall–Kier alpha value is -3.85. The maximum absolute atomic E-state index is 13.6. The minimum absolute atomic E-state index is 0.0300. The highest BCUT2D eigenvalue weighted by Crippen LogP contribution is 2.46. The minimum Gasteiger partial charge on any atom is -0.325 e. The Morgan fingerprint density at radius 1 is 1.05 bits per heavy atom. The summed E-state index contributed by atoms with van der Waals surface area (Å²) in [4.78, 5) is 47.2. The molecular formula is C30H31N5O3S. The van der Waals surface area contributed by atoms with Crippen molar-refractivity contribution in [2.75, 3.05) is 40.6 Å². The monoisotopic (exact) mass is 541 g/mol. The fourth-order valence-corrected chi connectivity index (χ4v) is 7.10. The molecule has 4 amide bonds. The van der Waals surface area contributed by atoms with Crippen LogP contribution in [0.3, 0.4) is 0 Å². The van der Waals surface area contributed by atoms with Gasteiger partial charge in [-0.15, -0.1) is 0 Å². The Morgan fingerprint density at radius 3 is 2.62 bits per heavy atom. The van der Waals surface area contributed by atoms with Gasteiger partial charge in [-0.05, 0) is 78.6 Å². The van der Waals surface area contributed by atoms with Crippen LogP contribution in [0.2, 0.25) is 0 Å². The average Bonchev–Trinajstić information content (AvgIpc) is 3.46. The number of carbonyl (C=O) groups is 3. The summed E-state index contributed by atoms with van der Waals surface area (Å²) in [5, 5.41) is 5.88. The molecule has 0 radical (unpaired) electrons. The number of rotatable bonds is 5. The van der Waals surface area contributed by atoms with Crippen LogP contribution in [-0.2, 0) is 27.8 Å². The number of benzene rings is 2. The van der Waals surface area contributed by atoms with Crippen LogP contribution >= 0.6 is 11.8 Å². The Bertz CT molecular complexity index is 1430. The number of para-hydroxylation sites is 1. The highest BCUT2D eigenvalue weighted by atomic mass is 32.2. The van der Waals surface area contributed by atoms with Gasteiger partial charge in [-0.25, -0.2) is 9.78 Å². The number of aromatic nitrogens is 1. The predicted octanol–water partition coefficient (Wildman–Crippen LogP) is 4.46. The van der Waals surface area contributed by atoms with Crippen molar-refractivity contribution >= 4 is 46.8 Å². The van der Waals surface area contributed by atoms with Crippen molar-refractivity contribution in [2.45, 2.75) is 37.1 Å². The first-order chi connectivity index (χ1) is 18.9. The number of carbonyl (C=O) groups excluding carboxylic acids is 3. The van der Waals surface area contributed by atoms with Gasteiger partial charge in [0.05, 0.1) is 5.41 Å². The van der Waals surface area contributed by atoms with Gasteiger partial charge in [-0.3, -0.25) is 14.5 Å². The molecule has 8 nitrogen and oxygen atoms in total. The summed E-state index contributed by atoms with van der Waals surface area (Å²) in [6.07, 6.45) is 4.71. The van der Waals surface area contributed by atoms with Crippen molar-refractivity contribution in [2.24, 2.45) is 0 Å². The number of fused-ring (bicyclic) bond motifs is 3. The highest BCUT2D eigenvalue weighted by Gasteiger charge is 2.51. The van der Waals surface area contributed by atoms with E-state index in [1.807, 2.05) is 77.3 Å². The molecule has 3 heterocycles. The van der Waals surface area contributed by atoms with E-state index in [4.69, 9.17) is 0 Å². The number of likely N-dealkylation sites (N-methyl/N-ethyl adjacent to an activating group) is 1. The van der Waals surface area contributed by atoms with Crippen LogP contribution in [-0.4, -0.2) is 58.9 Å². The van der Waals surface area contributed by atoms with Gasteiger partial charge < -0.3 is 15.5 Å². The fourth-order valence-electron chi connectivity index (χ4n) is 6.02. The average molecular weight is 542 g/mol. The van der Waals surface area contributed by atoms with Crippen molar-refractivity contribution in [1.29, 1.82) is 0 Å². The molecule has 1 spiro atoms. The van der Waals surface area contributed by atoms with Crippen LogP contribution < -0.4 is 15.5 Å². The molecule has 6 rings (SSSR count). The topological polar surface area (TPSA) is 94.6 Å². The van der Waals surface area contributed by atoms with E-state index in [1.165, 1.54) is 4.90 Å². The van der Waals surface area contributed by atoms with Crippen LogP contribution in [0, 0.1) is 0 Å². The molecule has 39 heavy (non-hydrogen) atoms. The molecule has 3 aliphatic rings. The summed E-state index contributed by atoms with van der Waals surface area (Å²) in [7, 11) is 1.67. The number of pyridine rings is 1. The lowest BCUT2D eigenvalue weighted by molar-refractivity contribution is -0.120. The molecular weight excluding hydrogens is 510 g/mol. The van der Waals surface area contributed by atoms with Gasteiger partial charge in [0.1, 0.15) is 12.4 Å². The number of hydrogen-bond acceptors (Lipinski definition) is 5. The van der Waals surface area contributed by atoms with Crippen LogP contribution in [0.4, 0.5) is 22.0 Å². The summed E-state index contributed by atoms with van der Waals surface area (Å²) in [6.45, 7) is -0.0634. The van der Waals surface area contributed by atoms with Gasteiger partial charge in [0.15, 0.2) is 0 Å². The van der Waals surface area contributed by atoms with E-state index in [-0.39, 0.29) is 30.4 Å². The van der Waals surface area contributed by atoms with Crippen LogP contribution in [0.25, 0.3) is 0 Å². The molecule has 2 aromatic carbocycles. The van der Waals surface area contributed by atoms with Crippen LogP contribution in [0.1, 0.15) is 29.5 Å². The van der Waals surface area contributed by atoms with E-state index in [2.05, 4.69) is 15.6 Å². The second kappa shape index (κ2) is 10.4. The van der Waals surface area contributed by atoms with Gasteiger partial charge in [0.2, 0.25) is 11.8 Å². The van der Waals surface area contributed by atoms with E-state index >= 15 is 0 Å². The summed E-state index contributed by atoms with van der Waals surface area (Å²) >= 11 is 1.91. The second-order valence-electron chi connectivity index (χ2n) is 10.5. The van der Waals surface area contributed by atoms with E-state index in [0.717, 1.165) is 46.7 Å². The van der Waals surface area contributed by atoms with Crippen molar-refractivity contribution < 1.29 is 14.4 Å².